The maximum Gasteiger partial charge on any atom is 0.305 e. The number of carbonyl (C=O) groups is 4. The normalized spacial score (nSPS) is 37.4. The fourth-order valence-electron chi connectivity index (χ4n) is 7.68. The van der Waals surface area contributed by atoms with Crippen molar-refractivity contribution < 1.29 is 33.4 Å². The van der Waals surface area contributed by atoms with Crippen molar-refractivity contribution >= 4 is 23.7 Å². The van der Waals surface area contributed by atoms with Gasteiger partial charge in [0.1, 0.15) is 12.2 Å². The van der Waals surface area contributed by atoms with Crippen molar-refractivity contribution in [3.8, 4) is 0 Å². The molecule has 9 unspecified atom stereocenters. The van der Waals surface area contributed by atoms with Gasteiger partial charge in [-0.25, -0.2) is 0 Å². The van der Waals surface area contributed by atoms with Gasteiger partial charge in [-0.15, -0.1) is 0 Å². The number of esters is 3. The minimum atomic E-state index is -0.287. The number of fused-ring (bicyclic) bond motifs is 5. The van der Waals surface area contributed by atoms with Crippen molar-refractivity contribution in [1.29, 1.82) is 0 Å². The summed E-state index contributed by atoms with van der Waals surface area (Å²) in [5.74, 6) is 0.621. The highest BCUT2D eigenvalue weighted by atomic mass is 16.5. The zero-order valence-electron chi connectivity index (χ0n) is 20.8. The first-order valence-corrected chi connectivity index (χ1v) is 12.9. The Morgan fingerprint density at radius 2 is 1.74 bits per heavy atom. The lowest BCUT2D eigenvalue weighted by molar-refractivity contribution is -0.156. The average molecular weight is 475 g/mol. The number of ether oxygens (including phenoxy) is 3. The van der Waals surface area contributed by atoms with Gasteiger partial charge < -0.3 is 14.2 Å². The van der Waals surface area contributed by atoms with Gasteiger partial charge in [0.15, 0.2) is 5.78 Å². The number of carbonyl (C=O) groups excluding carboxylic acids is 4. The van der Waals surface area contributed by atoms with E-state index >= 15 is 0 Å². The van der Waals surface area contributed by atoms with E-state index < -0.39 is 0 Å². The first-order chi connectivity index (χ1) is 16.2. The maximum atomic E-state index is 13.5. The molecule has 0 heterocycles. The molecule has 4 rings (SSSR count). The van der Waals surface area contributed by atoms with E-state index in [4.69, 9.17) is 14.2 Å². The van der Waals surface area contributed by atoms with Crippen LogP contribution in [0.4, 0.5) is 0 Å². The molecule has 0 radical (unpaired) electrons. The van der Waals surface area contributed by atoms with Crippen molar-refractivity contribution in [2.24, 2.45) is 41.4 Å². The molecular formula is C27H38O7. The summed E-state index contributed by atoms with van der Waals surface area (Å²) in [4.78, 5) is 48.7. The standard InChI is InChI=1S/C27H38O7/c1-14(5-10-25(31)32-4)19-8-9-21-26(19)23(30)13-22-20-7-6-18(33-15(2)28)11-17(20)12-24(27(21)22)34-16(3)29/h13-14,17-21,24,26-27H,5-12H2,1-4H3. The Bertz CT molecular complexity index is 861. The lowest BCUT2D eigenvalue weighted by Gasteiger charge is -2.51. The molecule has 188 valence electrons. The molecule has 0 bridgehead atoms. The molecule has 3 fully saturated rings. The lowest BCUT2D eigenvalue weighted by atomic mass is 9.56. The zero-order valence-corrected chi connectivity index (χ0v) is 20.8. The first-order valence-electron chi connectivity index (χ1n) is 12.9. The second-order valence-corrected chi connectivity index (χ2v) is 10.9. The van der Waals surface area contributed by atoms with E-state index in [1.807, 2.05) is 6.08 Å². The first kappa shape index (κ1) is 24.9. The number of rotatable bonds is 6. The Morgan fingerprint density at radius 1 is 1.00 bits per heavy atom. The Labute approximate surface area is 202 Å². The van der Waals surface area contributed by atoms with Crippen LogP contribution in [0.3, 0.4) is 0 Å². The molecular weight excluding hydrogens is 436 g/mol. The van der Waals surface area contributed by atoms with Gasteiger partial charge in [0.2, 0.25) is 0 Å². The summed E-state index contributed by atoms with van der Waals surface area (Å²) < 4.78 is 16.2. The molecule has 0 aromatic rings. The quantitative estimate of drug-likeness (QED) is 0.424. The van der Waals surface area contributed by atoms with Crippen molar-refractivity contribution in [2.45, 2.75) is 84.3 Å². The molecule has 34 heavy (non-hydrogen) atoms. The van der Waals surface area contributed by atoms with Gasteiger partial charge in [0, 0.05) is 32.1 Å². The smallest absolute Gasteiger partial charge is 0.305 e. The minimum Gasteiger partial charge on any atom is -0.469 e. The van der Waals surface area contributed by atoms with Gasteiger partial charge >= 0.3 is 17.9 Å². The second-order valence-electron chi connectivity index (χ2n) is 10.9. The van der Waals surface area contributed by atoms with Crippen LogP contribution in [0.5, 0.6) is 0 Å². The van der Waals surface area contributed by atoms with Gasteiger partial charge in [-0.05, 0) is 80.6 Å². The van der Waals surface area contributed by atoms with Gasteiger partial charge in [-0.2, -0.15) is 0 Å². The molecule has 0 aromatic heterocycles. The Morgan fingerprint density at radius 3 is 2.41 bits per heavy atom. The highest BCUT2D eigenvalue weighted by molar-refractivity contribution is 5.94. The molecule has 7 heteroatoms. The van der Waals surface area contributed by atoms with Gasteiger partial charge in [-0.3, -0.25) is 19.2 Å². The van der Waals surface area contributed by atoms with Gasteiger partial charge in [0.25, 0.3) is 0 Å². The van der Waals surface area contributed by atoms with Crippen LogP contribution in [0.25, 0.3) is 0 Å². The third-order valence-electron chi connectivity index (χ3n) is 8.95. The summed E-state index contributed by atoms with van der Waals surface area (Å²) in [6.07, 6.45) is 7.71. The fourth-order valence-corrected chi connectivity index (χ4v) is 7.68. The van der Waals surface area contributed by atoms with Gasteiger partial charge in [-0.1, -0.05) is 12.5 Å². The van der Waals surface area contributed by atoms with E-state index in [9.17, 15) is 19.2 Å². The molecule has 0 N–H and O–H groups in total. The SMILES string of the molecule is COC(=O)CCC(C)C1CCC2C3C(=CC(=O)C12)C1CCC(OC(C)=O)CC1CC3OC(C)=O. The van der Waals surface area contributed by atoms with E-state index in [0.29, 0.717) is 12.8 Å². The molecule has 0 aromatic carbocycles. The molecule has 0 spiro atoms. The summed E-state index contributed by atoms with van der Waals surface area (Å²) in [5.41, 5.74) is 1.16. The van der Waals surface area contributed by atoms with E-state index in [-0.39, 0.29) is 77.3 Å². The highest BCUT2D eigenvalue weighted by Gasteiger charge is 2.56. The molecule has 0 saturated heterocycles. The largest absolute Gasteiger partial charge is 0.469 e. The van der Waals surface area contributed by atoms with Crippen LogP contribution < -0.4 is 0 Å². The Kier molecular flexibility index (Phi) is 7.48. The van der Waals surface area contributed by atoms with Crippen molar-refractivity contribution in [3.63, 3.8) is 0 Å². The van der Waals surface area contributed by atoms with Crippen molar-refractivity contribution in [1.82, 2.24) is 0 Å². The van der Waals surface area contributed by atoms with Crippen molar-refractivity contribution in [3.05, 3.63) is 11.6 Å². The molecule has 4 aliphatic rings. The summed E-state index contributed by atoms with van der Waals surface area (Å²) in [6, 6.07) is 0. The van der Waals surface area contributed by atoms with Crippen molar-refractivity contribution in [2.75, 3.05) is 7.11 Å². The van der Waals surface area contributed by atoms with Crippen LogP contribution in [0.2, 0.25) is 0 Å². The maximum absolute atomic E-state index is 13.5. The summed E-state index contributed by atoms with van der Waals surface area (Å²) in [6.45, 7) is 5.03. The number of methoxy groups -OCH3 is 1. The molecule has 7 nitrogen and oxygen atoms in total. The summed E-state index contributed by atoms with van der Waals surface area (Å²) in [5, 5.41) is 0. The van der Waals surface area contributed by atoms with Gasteiger partial charge in [0.05, 0.1) is 7.11 Å². The molecule has 9 atom stereocenters. The third kappa shape index (κ3) is 4.94. The Balaban J connectivity index is 1.57. The van der Waals surface area contributed by atoms with Crippen LogP contribution in [0.1, 0.15) is 72.1 Å². The lowest BCUT2D eigenvalue weighted by Crippen LogP contribution is -2.50. The van der Waals surface area contributed by atoms with E-state index in [2.05, 4.69) is 6.92 Å². The number of ketones is 1. The van der Waals surface area contributed by atoms with E-state index in [1.165, 1.54) is 21.0 Å². The highest BCUT2D eigenvalue weighted by Crippen LogP contribution is 2.58. The van der Waals surface area contributed by atoms with E-state index in [0.717, 1.165) is 44.1 Å². The topological polar surface area (TPSA) is 96.0 Å². The van der Waals surface area contributed by atoms with Crippen LogP contribution >= 0.6 is 0 Å². The second kappa shape index (κ2) is 10.2. The third-order valence-corrected chi connectivity index (χ3v) is 8.95. The average Bonchev–Trinajstić information content (AvgIpc) is 3.22. The predicted molar refractivity (Wildman–Crippen MR) is 123 cm³/mol. The summed E-state index contributed by atoms with van der Waals surface area (Å²) >= 11 is 0. The molecule has 4 aliphatic carbocycles. The molecule has 0 aliphatic heterocycles. The minimum absolute atomic E-state index is 0.0756. The zero-order chi connectivity index (χ0) is 24.6. The fraction of sp³-hybridized carbons (Fsp3) is 0.778. The van der Waals surface area contributed by atoms with E-state index in [1.54, 1.807) is 0 Å². The number of hydrogen-bond donors (Lipinski definition) is 0. The Hall–Kier alpha value is -2.18. The number of allylic oxidation sites excluding steroid dienone is 1. The van der Waals surface area contributed by atoms with Crippen LogP contribution in [-0.4, -0.2) is 43.0 Å². The van der Waals surface area contributed by atoms with Crippen LogP contribution in [0, 0.1) is 41.4 Å². The number of hydrogen-bond acceptors (Lipinski definition) is 7. The molecule has 0 amide bonds. The van der Waals surface area contributed by atoms with Crippen LogP contribution in [0.15, 0.2) is 11.6 Å². The predicted octanol–water partition coefficient (Wildman–Crippen LogP) is 4.03. The molecule has 3 saturated carbocycles. The van der Waals surface area contributed by atoms with Crippen LogP contribution in [-0.2, 0) is 33.4 Å². The summed E-state index contributed by atoms with van der Waals surface area (Å²) in [7, 11) is 1.40. The monoisotopic (exact) mass is 474 g/mol.